The molecule has 12 nitrogen and oxygen atoms in total. The Bertz CT molecular complexity index is 2520. The van der Waals surface area contributed by atoms with Gasteiger partial charge >= 0.3 is 6.09 Å². The molecule has 60 heavy (non-hydrogen) atoms. The average molecular weight is 848 g/mol. The van der Waals surface area contributed by atoms with Crippen molar-refractivity contribution in [2.24, 2.45) is 0 Å². The number of imidazole rings is 1. The minimum Gasteiger partial charge on any atom is -0.444 e. The lowest BCUT2D eigenvalue weighted by molar-refractivity contribution is -0.126. The van der Waals surface area contributed by atoms with E-state index in [0.717, 1.165) is 34.3 Å². The first-order valence-corrected chi connectivity index (χ1v) is 21.1. The second-order valence-corrected chi connectivity index (χ2v) is 17.3. The van der Waals surface area contributed by atoms with Crippen LogP contribution in [0.15, 0.2) is 97.5 Å². The van der Waals surface area contributed by atoms with Crippen molar-refractivity contribution in [1.82, 2.24) is 29.7 Å². The number of halogens is 2. The molecule has 2 unspecified atom stereocenters. The minimum absolute atomic E-state index is 0.0729. The lowest BCUT2D eigenvalue weighted by Crippen LogP contribution is -2.52. The van der Waals surface area contributed by atoms with Crippen molar-refractivity contribution in [1.29, 1.82) is 0 Å². The summed E-state index contributed by atoms with van der Waals surface area (Å²) in [7, 11) is 0. The van der Waals surface area contributed by atoms with E-state index in [1.807, 2.05) is 106 Å². The number of likely N-dealkylation sites (tertiary alicyclic amines) is 1. The van der Waals surface area contributed by atoms with Crippen molar-refractivity contribution >= 4 is 63.5 Å². The van der Waals surface area contributed by atoms with Gasteiger partial charge in [-0.2, -0.15) is 0 Å². The molecule has 310 valence electrons. The third-order valence-corrected chi connectivity index (χ3v) is 11.7. The van der Waals surface area contributed by atoms with Crippen LogP contribution in [0.2, 0.25) is 10.0 Å². The van der Waals surface area contributed by atoms with Crippen LogP contribution in [0.3, 0.4) is 0 Å². The van der Waals surface area contributed by atoms with Gasteiger partial charge in [0.2, 0.25) is 5.91 Å². The fourth-order valence-corrected chi connectivity index (χ4v) is 8.54. The number of H-pyrrole nitrogens is 1. The van der Waals surface area contributed by atoms with Crippen molar-refractivity contribution in [2.75, 3.05) is 29.9 Å². The van der Waals surface area contributed by atoms with Gasteiger partial charge in [0.1, 0.15) is 17.3 Å². The van der Waals surface area contributed by atoms with Gasteiger partial charge in [-0.15, -0.1) is 0 Å². The lowest BCUT2D eigenvalue weighted by atomic mass is 9.99. The quantitative estimate of drug-likeness (QED) is 0.132. The van der Waals surface area contributed by atoms with Gasteiger partial charge in [0.15, 0.2) is 5.82 Å². The highest BCUT2D eigenvalue weighted by molar-refractivity contribution is 6.31. The molecular weight excluding hydrogens is 799 g/mol. The molecule has 2 saturated heterocycles. The third-order valence-electron chi connectivity index (χ3n) is 11.2. The zero-order valence-corrected chi connectivity index (χ0v) is 35.6. The fourth-order valence-electron chi connectivity index (χ4n) is 8.24. The summed E-state index contributed by atoms with van der Waals surface area (Å²) in [4.78, 5) is 57.8. The molecule has 0 bridgehead atoms. The van der Waals surface area contributed by atoms with E-state index in [1.54, 1.807) is 17.2 Å². The molecule has 5 heterocycles. The number of fused-ring (bicyclic) bond motifs is 1. The van der Waals surface area contributed by atoms with E-state index in [-0.39, 0.29) is 23.9 Å². The van der Waals surface area contributed by atoms with Gasteiger partial charge in [-0.05, 0) is 95.3 Å². The summed E-state index contributed by atoms with van der Waals surface area (Å²) < 4.78 is 7.67. The van der Waals surface area contributed by atoms with Crippen LogP contribution in [-0.4, -0.2) is 79.6 Å². The van der Waals surface area contributed by atoms with Gasteiger partial charge in [-0.25, -0.2) is 14.8 Å². The molecule has 2 aliphatic rings. The maximum Gasteiger partial charge on any atom is 0.410 e. The van der Waals surface area contributed by atoms with E-state index in [9.17, 15) is 14.4 Å². The molecule has 3 aromatic heterocycles. The first-order chi connectivity index (χ1) is 28.8. The number of carbonyl (C=O) groups excluding carboxylic acids is 3. The number of anilines is 2. The number of pyridine rings is 1. The van der Waals surface area contributed by atoms with Crippen molar-refractivity contribution in [3.63, 3.8) is 0 Å². The molecule has 2 fully saturated rings. The number of carbonyl (C=O) groups is 3. The molecule has 14 heteroatoms. The van der Waals surface area contributed by atoms with Gasteiger partial charge < -0.3 is 29.8 Å². The Morgan fingerprint density at radius 1 is 0.883 bits per heavy atom. The molecule has 8 rings (SSSR count). The minimum atomic E-state index is -0.643. The summed E-state index contributed by atoms with van der Waals surface area (Å²) in [5.41, 5.74) is 5.07. The van der Waals surface area contributed by atoms with Crippen molar-refractivity contribution in [3.05, 3.63) is 119 Å². The number of amides is 3. The van der Waals surface area contributed by atoms with E-state index in [2.05, 4.69) is 32.0 Å². The number of benzene rings is 3. The normalized spacial score (nSPS) is 16.5. The fraction of sp³-hybridized carbons (Fsp3) is 0.326. The van der Waals surface area contributed by atoms with E-state index in [0.29, 0.717) is 77.2 Å². The molecule has 3 aromatic carbocycles. The predicted molar refractivity (Wildman–Crippen MR) is 237 cm³/mol. The van der Waals surface area contributed by atoms with Crippen LogP contribution in [0.1, 0.15) is 75.5 Å². The Morgan fingerprint density at radius 2 is 1.62 bits per heavy atom. The Morgan fingerprint density at radius 3 is 2.35 bits per heavy atom. The first-order valence-electron chi connectivity index (χ1n) is 20.3. The zero-order chi connectivity index (χ0) is 42.1. The van der Waals surface area contributed by atoms with Gasteiger partial charge in [0.25, 0.3) is 5.91 Å². The number of piperidine rings is 1. The van der Waals surface area contributed by atoms with Crippen molar-refractivity contribution < 1.29 is 19.1 Å². The van der Waals surface area contributed by atoms with E-state index < -0.39 is 17.7 Å². The number of hydrogen-bond donors (Lipinski definition) is 3. The van der Waals surface area contributed by atoms with Crippen LogP contribution < -0.4 is 15.5 Å². The molecule has 6 aromatic rings. The van der Waals surface area contributed by atoms with E-state index in [1.165, 1.54) is 0 Å². The number of aromatic amines is 1. The molecular formula is C46H48Cl2N8O4. The summed E-state index contributed by atoms with van der Waals surface area (Å²) in [5, 5.41) is 8.38. The molecule has 0 spiro atoms. The van der Waals surface area contributed by atoms with Crippen molar-refractivity contribution in [3.8, 4) is 22.5 Å². The van der Waals surface area contributed by atoms with E-state index in [4.69, 9.17) is 37.9 Å². The molecule has 2 atom stereocenters. The second kappa shape index (κ2) is 17.0. The number of hydrogen-bond acceptors (Lipinski definition) is 7. The van der Waals surface area contributed by atoms with Gasteiger partial charge in [-0.1, -0.05) is 71.7 Å². The van der Waals surface area contributed by atoms with Crippen LogP contribution in [0, 0.1) is 0 Å². The molecule has 0 radical (unpaired) electrons. The van der Waals surface area contributed by atoms with Crippen LogP contribution in [0.4, 0.5) is 16.3 Å². The Hall–Kier alpha value is -5.85. The Labute approximate surface area is 359 Å². The third kappa shape index (κ3) is 8.57. The smallest absolute Gasteiger partial charge is 0.410 e. The Kier molecular flexibility index (Phi) is 11.6. The largest absolute Gasteiger partial charge is 0.444 e. The summed E-state index contributed by atoms with van der Waals surface area (Å²) in [6.07, 6.45) is 5.76. The number of nitrogens with zero attached hydrogens (tertiary/aromatic N) is 5. The molecule has 0 saturated carbocycles. The van der Waals surface area contributed by atoms with E-state index >= 15 is 0 Å². The van der Waals surface area contributed by atoms with Crippen LogP contribution in [0.5, 0.6) is 0 Å². The van der Waals surface area contributed by atoms with Crippen LogP contribution in [0.25, 0.3) is 33.4 Å². The maximum absolute atomic E-state index is 14.8. The number of nitrogens with one attached hydrogen (secondary N) is 3. The lowest BCUT2D eigenvalue weighted by Gasteiger charge is -2.35. The van der Waals surface area contributed by atoms with Gasteiger partial charge in [0.05, 0.1) is 29.4 Å². The summed E-state index contributed by atoms with van der Waals surface area (Å²) >= 11 is 12.8. The standard InChI is InChI=1S/C46H48Cl2N8O4/c1-28(29-14-16-31(47)17-15-29)56-27-50-39(30-10-6-5-7-11-30)41(56)38-34-19-18-32(48)26-36(34)52-40(38)44(58)53-35-12-8-22-49-42(35)54-24-20-33(21-25-54)51-43(57)37-13-9-23-55(37)45(59)60-46(2,3)4/h5-8,10-12,14-19,22,26-28,33,37,52H,9,13,20-21,23-25H2,1-4H3,(H,51,57)(H,53,58). The summed E-state index contributed by atoms with van der Waals surface area (Å²) in [5.74, 6) is 0.123. The monoisotopic (exact) mass is 846 g/mol. The summed E-state index contributed by atoms with van der Waals surface area (Å²) in [6.45, 7) is 9.25. The highest BCUT2D eigenvalue weighted by atomic mass is 35.5. The number of aromatic nitrogens is 4. The van der Waals surface area contributed by atoms with Gasteiger partial charge in [-0.3, -0.25) is 14.5 Å². The molecule has 2 aliphatic heterocycles. The molecule has 3 N–H and O–H groups in total. The number of ether oxygens (including phenoxy) is 1. The van der Waals surface area contributed by atoms with Crippen molar-refractivity contribution in [2.45, 2.75) is 77.1 Å². The van der Waals surface area contributed by atoms with Crippen LogP contribution >= 0.6 is 23.2 Å². The van der Waals surface area contributed by atoms with Gasteiger partial charge in [0, 0.05) is 63.9 Å². The zero-order valence-electron chi connectivity index (χ0n) is 34.0. The maximum atomic E-state index is 14.8. The predicted octanol–water partition coefficient (Wildman–Crippen LogP) is 9.75. The summed E-state index contributed by atoms with van der Waals surface area (Å²) in [6, 6.07) is 26.1. The average Bonchev–Trinajstić information content (AvgIpc) is 3.99. The topological polar surface area (TPSA) is 137 Å². The number of rotatable bonds is 9. The second-order valence-electron chi connectivity index (χ2n) is 16.4. The SMILES string of the molecule is CC(c1ccc(Cl)cc1)n1cnc(-c2ccccc2)c1-c1c(C(=O)Nc2cccnc2N2CCC(NC(=O)C3CCCN3C(=O)OC(C)(C)C)CC2)[nH]c2cc(Cl)ccc12. The highest BCUT2D eigenvalue weighted by Crippen LogP contribution is 2.42. The Balaban J connectivity index is 1.06. The van der Waals surface area contributed by atoms with Crippen LogP contribution in [-0.2, 0) is 9.53 Å². The highest BCUT2D eigenvalue weighted by Gasteiger charge is 2.38. The molecule has 0 aliphatic carbocycles. The first kappa shape index (κ1) is 40.9. The molecule has 3 amide bonds.